The van der Waals surface area contributed by atoms with Gasteiger partial charge in [0.25, 0.3) is 0 Å². The maximum Gasteiger partial charge on any atom is 0.408 e. The SMILES string of the molecule is COC(=O)[C@H](Cc1ccccc1)N/C=C\C(=O)[C@H](Cc1ccccc1)NC(=O)OC(C)(C)C. The van der Waals surface area contributed by atoms with Gasteiger partial charge in [-0.1, -0.05) is 60.7 Å². The Kier molecular flexibility index (Phi) is 9.66. The Morgan fingerprint density at radius 1 is 0.879 bits per heavy atom. The number of amides is 1. The minimum absolute atomic E-state index is 0.299. The monoisotopic (exact) mass is 452 g/mol. The highest BCUT2D eigenvalue weighted by Gasteiger charge is 2.24. The molecule has 2 aromatic rings. The van der Waals surface area contributed by atoms with Crippen LogP contribution in [0.25, 0.3) is 0 Å². The summed E-state index contributed by atoms with van der Waals surface area (Å²) in [5, 5.41) is 5.59. The summed E-state index contributed by atoms with van der Waals surface area (Å²) in [6.45, 7) is 5.26. The van der Waals surface area contributed by atoms with Crippen molar-refractivity contribution in [3.63, 3.8) is 0 Å². The van der Waals surface area contributed by atoms with E-state index in [9.17, 15) is 14.4 Å². The number of nitrogens with one attached hydrogen (secondary N) is 2. The number of alkyl carbamates (subject to hydrolysis) is 1. The van der Waals surface area contributed by atoms with E-state index in [-0.39, 0.29) is 5.78 Å². The Bertz CT molecular complexity index is 936. The van der Waals surface area contributed by atoms with Crippen molar-refractivity contribution in [1.29, 1.82) is 0 Å². The van der Waals surface area contributed by atoms with E-state index in [4.69, 9.17) is 9.47 Å². The number of hydrogen-bond acceptors (Lipinski definition) is 6. The largest absolute Gasteiger partial charge is 0.467 e. The lowest BCUT2D eigenvalue weighted by molar-refractivity contribution is -0.142. The van der Waals surface area contributed by atoms with Gasteiger partial charge in [0.15, 0.2) is 5.78 Å². The number of ether oxygens (including phenoxy) is 2. The molecular formula is C26H32N2O5. The van der Waals surface area contributed by atoms with Crippen molar-refractivity contribution in [1.82, 2.24) is 10.6 Å². The highest BCUT2D eigenvalue weighted by atomic mass is 16.6. The van der Waals surface area contributed by atoms with Crippen LogP contribution in [-0.2, 0) is 31.9 Å². The van der Waals surface area contributed by atoms with E-state index in [1.807, 2.05) is 60.7 Å². The highest BCUT2D eigenvalue weighted by Crippen LogP contribution is 2.10. The van der Waals surface area contributed by atoms with Gasteiger partial charge in [0.2, 0.25) is 0 Å². The van der Waals surface area contributed by atoms with Gasteiger partial charge in [-0.05, 0) is 38.0 Å². The van der Waals surface area contributed by atoms with Gasteiger partial charge in [0.05, 0.1) is 13.2 Å². The Hall–Kier alpha value is -3.61. The smallest absolute Gasteiger partial charge is 0.408 e. The van der Waals surface area contributed by atoms with Gasteiger partial charge in [0.1, 0.15) is 11.6 Å². The lowest BCUT2D eigenvalue weighted by Gasteiger charge is -2.22. The third-order valence-corrected chi connectivity index (χ3v) is 4.63. The van der Waals surface area contributed by atoms with E-state index < -0.39 is 29.7 Å². The quantitative estimate of drug-likeness (QED) is 0.423. The van der Waals surface area contributed by atoms with Gasteiger partial charge >= 0.3 is 12.1 Å². The molecule has 0 unspecified atom stereocenters. The number of esters is 1. The summed E-state index contributed by atoms with van der Waals surface area (Å²) in [7, 11) is 1.32. The molecule has 2 aromatic carbocycles. The first-order valence-corrected chi connectivity index (χ1v) is 10.8. The molecule has 2 atom stereocenters. The van der Waals surface area contributed by atoms with Crippen molar-refractivity contribution in [3.8, 4) is 0 Å². The van der Waals surface area contributed by atoms with Gasteiger partial charge in [0, 0.05) is 19.0 Å². The first kappa shape index (κ1) is 25.6. The second-order valence-corrected chi connectivity index (χ2v) is 8.56. The van der Waals surface area contributed by atoms with Crippen molar-refractivity contribution >= 4 is 17.8 Å². The Balaban J connectivity index is 2.09. The predicted molar refractivity (Wildman–Crippen MR) is 127 cm³/mol. The number of benzene rings is 2. The standard InChI is InChI=1S/C26H32N2O5/c1-26(2,3)33-25(31)28-21(17-19-11-7-5-8-12-19)23(29)15-16-27-22(24(30)32-4)18-20-13-9-6-10-14-20/h5-16,21-22,27H,17-18H2,1-4H3,(H,28,31)/b16-15-/t21-,22-/m0/s1. The van der Waals surface area contributed by atoms with Crippen molar-refractivity contribution in [2.24, 2.45) is 0 Å². The van der Waals surface area contributed by atoms with Gasteiger partial charge < -0.3 is 20.1 Å². The van der Waals surface area contributed by atoms with Crippen LogP contribution in [0.15, 0.2) is 72.9 Å². The molecular weight excluding hydrogens is 420 g/mol. The number of carbonyl (C=O) groups is 3. The average molecular weight is 453 g/mol. The predicted octanol–water partition coefficient (Wildman–Crippen LogP) is 3.58. The van der Waals surface area contributed by atoms with Crippen LogP contribution in [0.4, 0.5) is 4.79 Å². The fourth-order valence-corrected chi connectivity index (χ4v) is 3.09. The summed E-state index contributed by atoms with van der Waals surface area (Å²) in [5.74, 6) is -0.774. The third-order valence-electron chi connectivity index (χ3n) is 4.63. The summed E-state index contributed by atoms with van der Waals surface area (Å²) in [6.07, 6.45) is 2.76. The molecule has 7 heteroatoms. The molecule has 2 N–H and O–H groups in total. The van der Waals surface area contributed by atoms with Gasteiger partial charge in [-0.25, -0.2) is 9.59 Å². The van der Waals surface area contributed by atoms with Crippen LogP contribution in [0.1, 0.15) is 31.9 Å². The fraction of sp³-hybridized carbons (Fsp3) is 0.346. The lowest BCUT2D eigenvalue weighted by atomic mass is 10.0. The summed E-state index contributed by atoms with van der Waals surface area (Å²) in [4.78, 5) is 37.4. The second kappa shape index (κ2) is 12.4. The van der Waals surface area contributed by atoms with Crippen molar-refractivity contribution in [2.75, 3.05) is 7.11 Å². The summed E-state index contributed by atoms with van der Waals surface area (Å²) < 4.78 is 10.2. The maximum absolute atomic E-state index is 12.9. The minimum Gasteiger partial charge on any atom is -0.467 e. The van der Waals surface area contributed by atoms with Gasteiger partial charge in [-0.3, -0.25) is 4.79 Å². The molecule has 1 amide bonds. The van der Waals surface area contributed by atoms with Crippen LogP contribution in [0, 0.1) is 0 Å². The highest BCUT2D eigenvalue weighted by molar-refractivity contribution is 5.96. The molecule has 0 aromatic heterocycles. The Morgan fingerprint density at radius 2 is 1.39 bits per heavy atom. The minimum atomic E-state index is -0.828. The van der Waals surface area contributed by atoms with Crippen molar-refractivity contribution in [2.45, 2.75) is 51.3 Å². The summed E-state index contributed by atoms with van der Waals surface area (Å²) >= 11 is 0. The molecule has 0 aliphatic rings. The molecule has 176 valence electrons. The van der Waals surface area contributed by atoms with Crippen LogP contribution in [0.2, 0.25) is 0 Å². The molecule has 0 fully saturated rings. The van der Waals surface area contributed by atoms with E-state index in [1.54, 1.807) is 20.8 Å². The zero-order valence-electron chi connectivity index (χ0n) is 19.5. The molecule has 0 aliphatic carbocycles. The normalized spacial score (nSPS) is 13.1. The second-order valence-electron chi connectivity index (χ2n) is 8.56. The fourth-order valence-electron chi connectivity index (χ4n) is 3.09. The molecule has 0 spiro atoms. The molecule has 0 radical (unpaired) electrons. The molecule has 0 saturated carbocycles. The number of hydrogen-bond donors (Lipinski definition) is 2. The molecule has 0 heterocycles. The zero-order valence-corrected chi connectivity index (χ0v) is 19.5. The van der Waals surface area contributed by atoms with E-state index in [2.05, 4.69) is 10.6 Å². The van der Waals surface area contributed by atoms with Crippen LogP contribution < -0.4 is 10.6 Å². The molecule has 2 rings (SSSR count). The molecule has 33 heavy (non-hydrogen) atoms. The van der Waals surface area contributed by atoms with Crippen molar-refractivity contribution in [3.05, 3.63) is 84.1 Å². The van der Waals surface area contributed by atoms with E-state index >= 15 is 0 Å². The molecule has 7 nitrogen and oxygen atoms in total. The Labute approximate surface area is 195 Å². The molecule has 0 saturated heterocycles. The molecule has 0 aliphatic heterocycles. The number of carbonyl (C=O) groups excluding carboxylic acids is 3. The third kappa shape index (κ3) is 9.60. The maximum atomic E-state index is 12.9. The number of ketones is 1. The number of methoxy groups -OCH3 is 1. The average Bonchev–Trinajstić information content (AvgIpc) is 2.77. The van der Waals surface area contributed by atoms with E-state index in [0.717, 1.165) is 11.1 Å². The van der Waals surface area contributed by atoms with Gasteiger partial charge in [-0.2, -0.15) is 0 Å². The first-order valence-electron chi connectivity index (χ1n) is 10.8. The zero-order chi connectivity index (χ0) is 24.3. The van der Waals surface area contributed by atoms with Crippen molar-refractivity contribution < 1.29 is 23.9 Å². The summed E-state index contributed by atoms with van der Waals surface area (Å²) in [5.41, 5.74) is 1.16. The first-order chi connectivity index (χ1) is 15.7. The van der Waals surface area contributed by atoms with Gasteiger partial charge in [-0.15, -0.1) is 0 Å². The van der Waals surface area contributed by atoms with E-state index in [0.29, 0.717) is 12.8 Å². The van der Waals surface area contributed by atoms with Crippen LogP contribution in [0.3, 0.4) is 0 Å². The topological polar surface area (TPSA) is 93.7 Å². The van der Waals surface area contributed by atoms with Crippen LogP contribution in [-0.4, -0.2) is 42.6 Å². The van der Waals surface area contributed by atoms with Crippen LogP contribution >= 0.6 is 0 Å². The molecule has 0 bridgehead atoms. The van der Waals surface area contributed by atoms with Crippen LogP contribution in [0.5, 0.6) is 0 Å². The summed E-state index contributed by atoms with van der Waals surface area (Å²) in [6, 6.07) is 17.4. The Morgan fingerprint density at radius 3 is 1.88 bits per heavy atom. The van der Waals surface area contributed by atoms with E-state index in [1.165, 1.54) is 19.4 Å². The lowest BCUT2D eigenvalue weighted by Crippen LogP contribution is -2.44. The number of rotatable bonds is 10.